The van der Waals surface area contributed by atoms with E-state index in [0.717, 1.165) is 36.5 Å². The van der Waals surface area contributed by atoms with Gasteiger partial charge in [-0.2, -0.15) is 5.10 Å². The molecule has 4 rings (SSSR count). The van der Waals surface area contributed by atoms with E-state index >= 15 is 0 Å². The minimum absolute atomic E-state index is 0.0526. The van der Waals surface area contributed by atoms with Gasteiger partial charge in [0.1, 0.15) is 21.5 Å². The highest BCUT2D eigenvalue weighted by Crippen LogP contribution is 2.34. The van der Waals surface area contributed by atoms with E-state index in [1.807, 2.05) is 14.0 Å². The van der Waals surface area contributed by atoms with Gasteiger partial charge in [-0.25, -0.2) is 9.37 Å². The van der Waals surface area contributed by atoms with Crippen molar-refractivity contribution in [2.75, 3.05) is 29.0 Å². The summed E-state index contributed by atoms with van der Waals surface area (Å²) >= 11 is 1.07. The molecule has 3 heterocycles. The Morgan fingerprint density at radius 3 is 2.87 bits per heavy atom. The predicted octanol–water partition coefficient (Wildman–Crippen LogP) is 3.26. The largest absolute Gasteiger partial charge is 0.390 e. The summed E-state index contributed by atoms with van der Waals surface area (Å²) < 4.78 is 15.8. The van der Waals surface area contributed by atoms with E-state index in [4.69, 9.17) is 5.73 Å². The summed E-state index contributed by atoms with van der Waals surface area (Å²) in [7, 11) is 1.81. The quantitative estimate of drug-likeness (QED) is 0.570. The number of nitrogen functional groups attached to an aromatic ring is 1. The van der Waals surface area contributed by atoms with Gasteiger partial charge in [-0.15, -0.1) is 0 Å². The number of carbonyl (C=O) groups is 1. The van der Waals surface area contributed by atoms with Gasteiger partial charge in [-0.1, -0.05) is 23.5 Å². The maximum Gasteiger partial charge on any atom is 0.277 e. The average Bonchev–Trinajstić information content (AvgIpc) is 3.22. The van der Waals surface area contributed by atoms with Crippen LogP contribution in [0, 0.1) is 5.82 Å². The molecular formula is C21H25FN6O2S. The van der Waals surface area contributed by atoms with Crippen molar-refractivity contribution in [2.24, 2.45) is 7.05 Å². The number of aliphatic hydroxyl groups is 1. The molecule has 0 saturated carbocycles. The number of nitrogens with one attached hydrogen (secondary N) is 1. The van der Waals surface area contributed by atoms with E-state index in [2.05, 4.69) is 20.3 Å². The molecule has 0 bridgehead atoms. The number of hydrogen-bond donors (Lipinski definition) is 3. The summed E-state index contributed by atoms with van der Waals surface area (Å²) in [6.07, 6.45) is 3.75. The van der Waals surface area contributed by atoms with Gasteiger partial charge in [0, 0.05) is 25.7 Å². The lowest BCUT2D eigenvalue weighted by Gasteiger charge is -2.25. The molecule has 3 aromatic rings. The molecule has 1 aliphatic heterocycles. The van der Waals surface area contributed by atoms with Crippen LogP contribution in [0.1, 0.15) is 36.7 Å². The number of nitrogens with zero attached hydrogens (tertiary/aromatic N) is 4. The summed E-state index contributed by atoms with van der Waals surface area (Å²) in [5.41, 5.74) is 6.23. The monoisotopic (exact) mass is 444 g/mol. The number of aryl methyl sites for hydroxylation is 1. The number of carbonyl (C=O) groups excluding carboxylic acids is 1. The number of nitrogens with two attached hydrogens (primary N) is 1. The zero-order valence-corrected chi connectivity index (χ0v) is 18.2. The zero-order valence-electron chi connectivity index (χ0n) is 17.4. The highest BCUT2D eigenvalue weighted by Gasteiger charge is 2.28. The van der Waals surface area contributed by atoms with Crippen LogP contribution in [0.25, 0.3) is 10.6 Å². The fourth-order valence-electron chi connectivity index (χ4n) is 3.80. The SMILES string of the molecule is Cn1ncc(NC(=O)c2nc(-c3ccccc3F)sc2N)c1N1CCCC(C)(O)CC1. The highest BCUT2D eigenvalue weighted by atomic mass is 32.1. The van der Waals surface area contributed by atoms with E-state index in [0.29, 0.717) is 29.2 Å². The second-order valence-corrected chi connectivity index (χ2v) is 9.04. The van der Waals surface area contributed by atoms with Crippen molar-refractivity contribution in [3.8, 4) is 10.6 Å². The second kappa shape index (κ2) is 8.27. The number of thiazole rings is 1. The molecule has 31 heavy (non-hydrogen) atoms. The molecule has 1 saturated heterocycles. The Bertz CT molecular complexity index is 1110. The molecule has 0 aliphatic carbocycles. The molecule has 2 aromatic heterocycles. The molecular weight excluding hydrogens is 419 g/mol. The first-order chi connectivity index (χ1) is 14.7. The van der Waals surface area contributed by atoms with Crippen molar-refractivity contribution in [1.29, 1.82) is 0 Å². The maximum atomic E-state index is 14.1. The summed E-state index contributed by atoms with van der Waals surface area (Å²) in [5, 5.41) is 18.1. The van der Waals surface area contributed by atoms with Crippen LogP contribution in [0.15, 0.2) is 30.5 Å². The molecule has 1 aromatic carbocycles. The molecule has 1 aliphatic rings. The van der Waals surface area contributed by atoms with Crippen LogP contribution in [0.3, 0.4) is 0 Å². The van der Waals surface area contributed by atoms with Crippen molar-refractivity contribution in [3.05, 3.63) is 42.0 Å². The van der Waals surface area contributed by atoms with Gasteiger partial charge in [0.15, 0.2) is 11.5 Å². The van der Waals surface area contributed by atoms with E-state index in [9.17, 15) is 14.3 Å². The van der Waals surface area contributed by atoms with Crippen molar-refractivity contribution < 1.29 is 14.3 Å². The first-order valence-corrected chi connectivity index (χ1v) is 10.9. The smallest absolute Gasteiger partial charge is 0.277 e. The van der Waals surface area contributed by atoms with Gasteiger partial charge >= 0.3 is 0 Å². The Kier molecular flexibility index (Phi) is 5.67. The van der Waals surface area contributed by atoms with Crippen LogP contribution in [-0.4, -0.2) is 44.5 Å². The van der Waals surface area contributed by atoms with Crippen LogP contribution in [-0.2, 0) is 7.05 Å². The molecule has 0 spiro atoms. The number of anilines is 3. The predicted molar refractivity (Wildman–Crippen MR) is 120 cm³/mol. The third kappa shape index (κ3) is 4.40. The number of halogens is 1. The topological polar surface area (TPSA) is 109 Å². The number of benzene rings is 1. The molecule has 10 heteroatoms. The van der Waals surface area contributed by atoms with Crippen LogP contribution < -0.4 is 16.0 Å². The van der Waals surface area contributed by atoms with Gasteiger partial charge in [-0.05, 0) is 38.3 Å². The van der Waals surface area contributed by atoms with E-state index in [1.54, 1.807) is 29.1 Å². The fourth-order valence-corrected chi connectivity index (χ4v) is 4.65. The first-order valence-electron chi connectivity index (χ1n) is 10.1. The van der Waals surface area contributed by atoms with E-state index < -0.39 is 17.3 Å². The Labute approximate surface area is 183 Å². The van der Waals surface area contributed by atoms with Gasteiger partial charge in [-0.3, -0.25) is 9.48 Å². The zero-order chi connectivity index (χ0) is 22.2. The fraction of sp³-hybridized carbons (Fsp3) is 0.381. The third-order valence-electron chi connectivity index (χ3n) is 5.49. The van der Waals surface area contributed by atoms with Gasteiger partial charge in [0.05, 0.1) is 11.8 Å². The third-order valence-corrected chi connectivity index (χ3v) is 6.41. The Morgan fingerprint density at radius 2 is 2.10 bits per heavy atom. The molecule has 1 amide bonds. The van der Waals surface area contributed by atoms with Crippen molar-refractivity contribution in [3.63, 3.8) is 0 Å². The van der Waals surface area contributed by atoms with E-state index in [-0.39, 0.29) is 10.7 Å². The minimum Gasteiger partial charge on any atom is -0.390 e. The minimum atomic E-state index is -0.699. The lowest BCUT2D eigenvalue weighted by molar-refractivity contribution is 0.0481. The van der Waals surface area contributed by atoms with Gasteiger partial charge in [0.25, 0.3) is 5.91 Å². The van der Waals surface area contributed by atoms with Crippen molar-refractivity contribution >= 4 is 33.8 Å². The summed E-state index contributed by atoms with van der Waals surface area (Å²) in [5.74, 6) is -0.142. The molecule has 1 fully saturated rings. The first kappa shape index (κ1) is 21.3. The summed E-state index contributed by atoms with van der Waals surface area (Å²) in [6, 6.07) is 6.24. The van der Waals surface area contributed by atoms with Crippen LogP contribution in [0.4, 0.5) is 20.9 Å². The normalized spacial score (nSPS) is 19.3. The number of hydrogen-bond acceptors (Lipinski definition) is 7. The lowest BCUT2D eigenvalue weighted by atomic mass is 9.98. The standard InChI is InChI=1S/C21H25FN6O2S/c1-21(30)8-5-10-28(11-9-21)20-15(12-24-27(20)2)25-18(29)16-17(23)31-19(26-16)13-6-3-4-7-14(13)22/h3-4,6-7,12,30H,5,8-11,23H2,1-2H3,(H,25,29). The second-order valence-electron chi connectivity index (χ2n) is 8.01. The molecule has 164 valence electrons. The number of aromatic nitrogens is 3. The van der Waals surface area contributed by atoms with Gasteiger partial charge in [0.2, 0.25) is 0 Å². The number of amides is 1. The highest BCUT2D eigenvalue weighted by molar-refractivity contribution is 7.19. The van der Waals surface area contributed by atoms with Crippen LogP contribution in [0.5, 0.6) is 0 Å². The summed E-state index contributed by atoms with van der Waals surface area (Å²) in [6.45, 7) is 3.24. The molecule has 1 atom stereocenters. The Balaban J connectivity index is 1.57. The van der Waals surface area contributed by atoms with Crippen molar-refractivity contribution in [2.45, 2.75) is 31.8 Å². The van der Waals surface area contributed by atoms with Crippen LogP contribution in [0.2, 0.25) is 0 Å². The Hall–Kier alpha value is -2.98. The molecule has 4 N–H and O–H groups in total. The Morgan fingerprint density at radius 1 is 1.32 bits per heavy atom. The summed E-state index contributed by atoms with van der Waals surface area (Å²) in [4.78, 5) is 19.3. The van der Waals surface area contributed by atoms with Crippen molar-refractivity contribution in [1.82, 2.24) is 14.8 Å². The molecule has 0 radical (unpaired) electrons. The maximum absolute atomic E-state index is 14.1. The lowest BCUT2D eigenvalue weighted by Crippen LogP contribution is -2.30. The van der Waals surface area contributed by atoms with Gasteiger partial charge < -0.3 is 21.1 Å². The molecule has 1 unspecified atom stereocenters. The van der Waals surface area contributed by atoms with E-state index in [1.165, 1.54) is 6.07 Å². The van der Waals surface area contributed by atoms with Crippen LogP contribution >= 0.6 is 11.3 Å². The molecule has 8 nitrogen and oxygen atoms in total. The average molecular weight is 445 g/mol. The number of rotatable bonds is 4.